The molecule has 1 N–H and O–H groups in total. The highest BCUT2D eigenvalue weighted by Gasteiger charge is 2.44. The van der Waals surface area contributed by atoms with E-state index in [9.17, 15) is 13.2 Å². The fourth-order valence-electron chi connectivity index (χ4n) is 8.82. The van der Waals surface area contributed by atoms with Crippen molar-refractivity contribution in [3.05, 3.63) is 70.3 Å². The van der Waals surface area contributed by atoms with Crippen LogP contribution < -0.4 is 14.4 Å². The van der Waals surface area contributed by atoms with Crippen molar-refractivity contribution in [2.45, 2.75) is 103 Å². The Morgan fingerprint density at radius 3 is 2.72 bits per heavy atom. The molecule has 47 heavy (non-hydrogen) atoms. The number of halogens is 1. The van der Waals surface area contributed by atoms with Gasteiger partial charge in [0.15, 0.2) is 0 Å². The molecule has 0 saturated heterocycles. The maximum Gasteiger partial charge on any atom is 0.264 e. The van der Waals surface area contributed by atoms with Crippen LogP contribution in [0.4, 0.5) is 5.69 Å². The van der Waals surface area contributed by atoms with Gasteiger partial charge in [0, 0.05) is 29.1 Å². The second-order valence-corrected chi connectivity index (χ2v) is 17.5. The summed E-state index contributed by atoms with van der Waals surface area (Å²) in [6.07, 6.45) is 14.5. The monoisotopic (exact) mass is 680 g/mol. The smallest absolute Gasteiger partial charge is 0.264 e. The first kappa shape index (κ1) is 34.4. The Morgan fingerprint density at radius 1 is 1.15 bits per heavy atom. The largest absolute Gasteiger partial charge is 0.490 e. The summed E-state index contributed by atoms with van der Waals surface area (Å²) in [4.78, 5) is 16.2. The topological polar surface area (TPSA) is 75.7 Å². The second-order valence-electron chi connectivity index (χ2n) is 15.1. The van der Waals surface area contributed by atoms with Crippen molar-refractivity contribution in [2.75, 3.05) is 24.6 Å². The molecule has 2 heterocycles. The number of sulfonamides is 1. The van der Waals surface area contributed by atoms with Crippen LogP contribution in [-0.2, 0) is 21.9 Å². The Morgan fingerprint density at radius 2 is 1.98 bits per heavy atom. The first-order valence-corrected chi connectivity index (χ1v) is 20.0. The number of hydrogen-bond acceptors (Lipinski definition) is 5. The number of benzene rings is 2. The highest BCUT2D eigenvalue weighted by molar-refractivity contribution is 7.90. The second kappa shape index (κ2) is 14.2. The van der Waals surface area contributed by atoms with Gasteiger partial charge in [0.05, 0.1) is 17.5 Å². The lowest BCUT2D eigenvalue weighted by molar-refractivity contribution is 0.0980. The molecule has 1 amide bonds. The number of carbonyl (C=O) groups excluding carboxylic acids is 1. The molecule has 8 heteroatoms. The van der Waals surface area contributed by atoms with Crippen molar-refractivity contribution in [1.29, 1.82) is 0 Å². The Hall–Kier alpha value is -2.51. The number of aryl methyl sites for hydroxylation is 1. The van der Waals surface area contributed by atoms with Crippen molar-refractivity contribution >= 4 is 33.2 Å². The Bertz CT molecular complexity index is 1590. The van der Waals surface area contributed by atoms with Gasteiger partial charge in [0.25, 0.3) is 5.91 Å². The summed E-state index contributed by atoms with van der Waals surface area (Å²) in [5.41, 5.74) is 3.65. The number of anilines is 1. The van der Waals surface area contributed by atoms with Crippen LogP contribution >= 0.6 is 11.6 Å². The molecule has 1 saturated carbocycles. The van der Waals surface area contributed by atoms with Gasteiger partial charge in [-0.3, -0.25) is 4.79 Å². The molecule has 1 spiro atoms. The molecule has 2 bridgehead atoms. The summed E-state index contributed by atoms with van der Waals surface area (Å²) in [5.74, 6) is 1.90. The Kier molecular flexibility index (Phi) is 10.3. The molecule has 1 fully saturated rings. The fraction of sp³-hybridized carbons (Fsp3) is 0.615. The van der Waals surface area contributed by atoms with Crippen LogP contribution in [0.5, 0.6) is 5.75 Å². The van der Waals surface area contributed by atoms with Gasteiger partial charge in [0.1, 0.15) is 5.75 Å². The van der Waals surface area contributed by atoms with Gasteiger partial charge in [-0.05, 0) is 122 Å². The lowest BCUT2D eigenvalue weighted by Crippen LogP contribution is -2.49. The number of allylic oxidation sites excluding steroid dienone is 2. The predicted molar refractivity (Wildman–Crippen MR) is 192 cm³/mol. The summed E-state index contributed by atoms with van der Waals surface area (Å²) >= 11 is 6.46. The summed E-state index contributed by atoms with van der Waals surface area (Å²) in [6.45, 7) is 10.7. The number of fused-ring (bicyclic) bond motifs is 4. The zero-order valence-corrected chi connectivity index (χ0v) is 30.2. The van der Waals surface area contributed by atoms with Crippen LogP contribution in [0.15, 0.2) is 48.6 Å². The number of carbonyl (C=O) groups is 1. The van der Waals surface area contributed by atoms with E-state index in [4.69, 9.17) is 16.3 Å². The van der Waals surface area contributed by atoms with Crippen LogP contribution in [0, 0.1) is 29.6 Å². The highest BCUT2D eigenvalue weighted by Crippen LogP contribution is 2.48. The van der Waals surface area contributed by atoms with Gasteiger partial charge in [-0.1, -0.05) is 70.4 Å². The maximum atomic E-state index is 13.9. The molecule has 0 radical (unpaired) electrons. The zero-order valence-electron chi connectivity index (χ0n) is 28.6. The molecular formula is C39H53ClN2O4S. The van der Waals surface area contributed by atoms with E-state index in [1.54, 1.807) is 6.07 Å². The predicted octanol–water partition coefficient (Wildman–Crippen LogP) is 8.72. The number of ether oxygens (including phenoxy) is 1. The van der Waals surface area contributed by atoms with Gasteiger partial charge in [0.2, 0.25) is 10.0 Å². The quantitative estimate of drug-likeness (QED) is 0.320. The standard InChI is InChI=1S/C39H53ClN2O4S/c1-5-9-28-11-7-10-27(4)37(20-26(3)6-2)47(44,45)41-38(43)30-14-18-36-35(22-30)42(23-31-13-16-33(28)31)24-39(25-46-36)19-8-12-29-21-32(40)15-17-34(29)39/h7,11,14-15,17-18,21-22,26-28,31,33,37H,5-6,8-10,12-13,16,19-20,23-25H2,1-4H3,(H,41,43)/b11-7+/t26?,27-,28?,31?,33?,37+,39+/m1/s1. The molecule has 4 aliphatic rings. The molecule has 6 rings (SSSR count). The molecule has 0 aromatic heterocycles. The average Bonchev–Trinajstić information content (AvgIpc) is 3.17. The fourth-order valence-corrected chi connectivity index (χ4v) is 10.8. The highest BCUT2D eigenvalue weighted by atomic mass is 35.5. The number of amides is 1. The molecular weight excluding hydrogens is 628 g/mol. The number of nitrogens with zero attached hydrogens (tertiary/aromatic N) is 1. The van der Waals surface area contributed by atoms with Crippen molar-refractivity contribution < 1.29 is 17.9 Å². The Labute approximate surface area is 287 Å². The van der Waals surface area contributed by atoms with E-state index in [-0.39, 0.29) is 17.3 Å². The lowest BCUT2D eigenvalue weighted by atomic mass is 9.65. The van der Waals surface area contributed by atoms with Crippen LogP contribution in [-0.4, -0.2) is 39.3 Å². The molecule has 2 aliphatic heterocycles. The molecule has 2 aromatic carbocycles. The van der Waals surface area contributed by atoms with E-state index < -0.39 is 21.2 Å². The third-order valence-electron chi connectivity index (χ3n) is 11.9. The number of nitrogens with one attached hydrogen (secondary N) is 1. The minimum Gasteiger partial charge on any atom is -0.490 e. The van der Waals surface area contributed by atoms with E-state index in [0.29, 0.717) is 42.8 Å². The van der Waals surface area contributed by atoms with E-state index in [1.807, 2.05) is 25.1 Å². The lowest BCUT2D eigenvalue weighted by Gasteiger charge is -2.46. The van der Waals surface area contributed by atoms with Gasteiger partial charge >= 0.3 is 0 Å². The third-order valence-corrected chi connectivity index (χ3v) is 14.1. The van der Waals surface area contributed by atoms with Gasteiger partial charge in [-0.15, -0.1) is 0 Å². The Balaban J connectivity index is 1.42. The van der Waals surface area contributed by atoms with E-state index in [0.717, 1.165) is 68.1 Å². The minimum absolute atomic E-state index is 0.113. The SMILES string of the molecule is CCCC1/C=C/C[C@@H](C)[C@H](CC(C)CC)S(=O)(=O)NC(=O)c2ccc3c(c2)N(CC2CCC12)C[C@@]1(CCCc2cc(Cl)ccc21)CO3. The first-order valence-electron chi connectivity index (χ1n) is 18.1. The van der Waals surface area contributed by atoms with Gasteiger partial charge in [-0.2, -0.15) is 0 Å². The van der Waals surface area contributed by atoms with E-state index in [1.165, 1.54) is 24.0 Å². The van der Waals surface area contributed by atoms with Crippen molar-refractivity contribution in [3.63, 3.8) is 0 Å². The van der Waals surface area contributed by atoms with Crippen LogP contribution in [0.25, 0.3) is 0 Å². The summed E-state index contributed by atoms with van der Waals surface area (Å²) in [5, 5.41) is 0.114. The summed E-state index contributed by atoms with van der Waals surface area (Å²) < 4.78 is 37.0. The van der Waals surface area contributed by atoms with E-state index >= 15 is 0 Å². The first-order chi connectivity index (χ1) is 22.5. The average molecular weight is 681 g/mol. The maximum absolute atomic E-state index is 13.9. The normalized spacial score (nSPS) is 31.7. The van der Waals surface area contributed by atoms with E-state index in [2.05, 4.69) is 54.7 Å². The van der Waals surface area contributed by atoms with Crippen molar-refractivity contribution in [3.8, 4) is 5.75 Å². The van der Waals surface area contributed by atoms with Gasteiger partial charge in [-0.25, -0.2) is 13.1 Å². The molecule has 7 atom stereocenters. The van der Waals surface area contributed by atoms with Crippen LogP contribution in [0.2, 0.25) is 5.02 Å². The van der Waals surface area contributed by atoms with Crippen LogP contribution in [0.3, 0.4) is 0 Å². The zero-order chi connectivity index (χ0) is 33.3. The molecule has 4 unspecified atom stereocenters. The summed E-state index contributed by atoms with van der Waals surface area (Å²) in [7, 11) is -3.93. The van der Waals surface area contributed by atoms with Crippen molar-refractivity contribution in [1.82, 2.24) is 4.72 Å². The number of rotatable bonds is 5. The molecule has 256 valence electrons. The summed E-state index contributed by atoms with van der Waals surface area (Å²) in [6, 6.07) is 11.8. The van der Waals surface area contributed by atoms with Crippen molar-refractivity contribution in [2.24, 2.45) is 29.6 Å². The number of hydrogen-bond donors (Lipinski definition) is 1. The van der Waals surface area contributed by atoms with Crippen LogP contribution in [0.1, 0.15) is 107 Å². The molecule has 6 nitrogen and oxygen atoms in total. The van der Waals surface area contributed by atoms with Gasteiger partial charge < -0.3 is 9.64 Å². The molecule has 2 aromatic rings. The minimum atomic E-state index is -3.93. The molecule has 2 aliphatic carbocycles. The third kappa shape index (κ3) is 7.13.